The average Bonchev–Trinajstić information content (AvgIpc) is 2.49. The van der Waals surface area contributed by atoms with Crippen molar-refractivity contribution in [2.24, 2.45) is 5.73 Å². The van der Waals surface area contributed by atoms with Gasteiger partial charge in [0.1, 0.15) is 12.1 Å². The van der Waals surface area contributed by atoms with Crippen molar-refractivity contribution in [3.05, 3.63) is 41.7 Å². The number of hydrogen-bond donors (Lipinski definition) is 1. The molecular formula is C15H20N4O. The predicted molar refractivity (Wildman–Crippen MR) is 80.3 cm³/mol. The molecule has 20 heavy (non-hydrogen) atoms. The van der Waals surface area contributed by atoms with Crippen LogP contribution in [0.15, 0.2) is 30.6 Å². The van der Waals surface area contributed by atoms with Gasteiger partial charge in [0.15, 0.2) is 0 Å². The molecule has 1 heterocycles. The molecule has 1 aromatic carbocycles. The van der Waals surface area contributed by atoms with Crippen LogP contribution in [0.4, 0.5) is 11.5 Å². The topological polar surface area (TPSA) is 64.3 Å². The Morgan fingerprint density at radius 1 is 1.30 bits per heavy atom. The molecule has 0 aliphatic carbocycles. The standard InChI is InChI=1S/C15H20N4O/c1-4-20-15-11(2)14(17-10-18-15)19(3)13-7-5-6-12(8-13)9-16/h5-8,10H,4,9,16H2,1-3H3. The van der Waals surface area contributed by atoms with Crippen molar-refractivity contribution in [1.82, 2.24) is 9.97 Å². The van der Waals surface area contributed by atoms with Crippen LogP contribution in [0.3, 0.4) is 0 Å². The first-order valence-corrected chi connectivity index (χ1v) is 6.64. The molecule has 0 amide bonds. The third-order valence-electron chi connectivity index (χ3n) is 3.14. The highest BCUT2D eigenvalue weighted by Crippen LogP contribution is 2.28. The summed E-state index contributed by atoms with van der Waals surface area (Å²) in [5.74, 6) is 1.46. The Morgan fingerprint density at radius 2 is 2.10 bits per heavy atom. The lowest BCUT2D eigenvalue weighted by Crippen LogP contribution is -2.14. The fraction of sp³-hybridized carbons (Fsp3) is 0.333. The molecule has 0 atom stereocenters. The Morgan fingerprint density at radius 3 is 2.80 bits per heavy atom. The van der Waals surface area contributed by atoms with Gasteiger partial charge in [-0.15, -0.1) is 0 Å². The first-order valence-electron chi connectivity index (χ1n) is 6.64. The molecule has 0 spiro atoms. The van der Waals surface area contributed by atoms with E-state index in [0.29, 0.717) is 19.0 Å². The van der Waals surface area contributed by atoms with Crippen LogP contribution >= 0.6 is 0 Å². The van der Waals surface area contributed by atoms with E-state index in [1.165, 1.54) is 6.33 Å². The zero-order valence-electron chi connectivity index (χ0n) is 12.1. The normalized spacial score (nSPS) is 10.4. The molecule has 0 aliphatic heterocycles. The van der Waals surface area contributed by atoms with E-state index in [9.17, 15) is 0 Å². The summed E-state index contributed by atoms with van der Waals surface area (Å²) < 4.78 is 5.51. The van der Waals surface area contributed by atoms with Crippen molar-refractivity contribution in [3.63, 3.8) is 0 Å². The highest BCUT2D eigenvalue weighted by molar-refractivity contribution is 5.63. The molecule has 0 bridgehead atoms. The van der Waals surface area contributed by atoms with Gasteiger partial charge >= 0.3 is 0 Å². The number of ether oxygens (including phenoxy) is 1. The summed E-state index contributed by atoms with van der Waals surface area (Å²) in [6.45, 7) is 5.01. The number of benzene rings is 1. The second-order valence-electron chi connectivity index (χ2n) is 4.49. The molecule has 0 saturated heterocycles. The van der Waals surface area contributed by atoms with Gasteiger partial charge in [-0.05, 0) is 31.5 Å². The minimum Gasteiger partial charge on any atom is -0.478 e. The Balaban J connectivity index is 2.37. The number of hydrogen-bond acceptors (Lipinski definition) is 5. The Kier molecular flexibility index (Phi) is 4.53. The minimum atomic E-state index is 0.522. The zero-order valence-corrected chi connectivity index (χ0v) is 12.1. The third-order valence-corrected chi connectivity index (χ3v) is 3.14. The molecule has 0 saturated carbocycles. The molecule has 5 heteroatoms. The number of nitrogens with zero attached hydrogens (tertiary/aromatic N) is 3. The van der Waals surface area contributed by atoms with E-state index >= 15 is 0 Å². The van der Waals surface area contributed by atoms with E-state index in [1.807, 2.05) is 44.0 Å². The van der Waals surface area contributed by atoms with Crippen molar-refractivity contribution >= 4 is 11.5 Å². The van der Waals surface area contributed by atoms with Crippen molar-refractivity contribution in [2.75, 3.05) is 18.6 Å². The van der Waals surface area contributed by atoms with Gasteiger partial charge < -0.3 is 15.4 Å². The monoisotopic (exact) mass is 272 g/mol. The molecule has 0 aliphatic rings. The Labute approximate surface area is 119 Å². The Hall–Kier alpha value is -2.14. The number of anilines is 2. The van der Waals surface area contributed by atoms with Gasteiger partial charge in [0.2, 0.25) is 5.88 Å². The smallest absolute Gasteiger partial charge is 0.221 e. The van der Waals surface area contributed by atoms with Gasteiger partial charge in [-0.1, -0.05) is 12.1 Å². The van der Waals surface area contributed by atoms with Crippen LogP contribution in [0.1, 0.15) is 18.1 Å². The zero-order chi connectivity index (χ0) is 14.5. The quantitative estimate of drug-likeness (QED) is 0.905. The molecule has 2 rings (SSSR count). The van der Waals surface area contributed by atoms with E-state index in [1.54, 1.807) is 0 Å². The molecule has 2 N–H and O–H groups in total. The molecular weight excluding hydrogens is 252 g/mol. The fourth-order valence-electron chi connectivity index (χ4n) is 2.06. The number of aromatic nitrogens is 2. The molecule has 1 aromatic heterocycles. The minimum absolute atomic E-state index is 0.522. The second kappa shape index (κ2) is 6.34. The number of rotatable bonds is 5. The summed E-state index contributed by atoms with van der Waals surface area (Å²) in [7, 11) is 1.97. The molecule has 0 radical (unpaired) electrons. The first-order chi connectivity index (χ1) is 9.67. The van der Waals surface area contributed by atoms with Crippen molar-refractivity contribution < 1.29 is 4.74 Å². The second-order valence-corrected chi connectivity index (χ2v) is 4.49. The van der Waals surface area contributed by atoms with Crippen LogP contribution < -0.4 is 15.4 Å². The van der Waals surface area contributed by atoms with Gasteiger partial charge in [0, 0.05) is 19.3 Å². The third kappa shape index (κ3) is 2.88. The summed E-state index contributed by atoms with van der Waals surface area (Å²) in [5.41, 5.74) is 8.74. The SMILES string of the molecule is CCOc1ncnc(N(C)c2cccc(CN)c2)c1C. The van der Waals surface area contributed by atoms with Gasteiger partial charge in [-0.3, -0.25) is 0 Å². The van der Waals surface area contributed by atoms with Gasteiger partial charge in [0.05, 0.1) is 12.2 Å². The van der Waals surface area contributed by atoms with Gasteiger partial charge in [-0.25, -0.2) is 9.97 Å². The van der Waals surface area contributed by atoms with Crippen LogP contribution in [-0.2, 0) is 6.54 Å². The fourth-order valence-corrected chi connectivity index (χ4v) is 2.06. The maximum absolute atomic E-state index is 5.69. The van der Waals surface area contributed by atoms with Crippen molar-refractivity contribution in [2.45, 2.75) is 20.4 Å². The predicted octanol–water partition coefficient (Wildman–Crippen LogP) is 2.41. The van der Waals surface area contributed by atoms with Gasteiger partial charge in [0.25, 0.3) is 0 Å². The van der Waals surface area contributed by atoms with Crippen molar-refractivity contribution in [1.29, 1.82) is 0 Å². The van der Waals surface area contributed by atoms with Crippen molar-refractivity contribution in [3.8, 4) is 5.88 Å². The maximum Gasteiger partial charge on any atom is 0.221 e. The van der Waals surface area contributed by atoms with Crippen LogP contribution in [-0.4, -0.2) is 23.6 Å². The Bertz CT molecular complexity index is 586. The summed E-state index contributed by atoms with van der Waals surface area (Å²) >= 11 is 0. The van der Waals surface area contributed by atoms with Crippen LogP contribution in [0, 0.1) is 6.92 Å². The number of nitrogens with two attached hydrogens (primary N) is 1. The maximum atomic E-state index is 5.69. The summed E-state index contributed by atoms with van der Waals surface area (Å²) in [6, 6.07) is 8.09. The highest BCUT2D eigenvalue weighted by atomic mass is 16.5. The van der Waals surface area contributed by atoms with Gasteiger partial charge in [-0.2, -0.15) is 0 Å². The summed E-state index contributed by atoms with van der Waals surface area (Å²) in [5, 5.41) is 0. The van der Waals surface area contributed by atoms with E-state index in [0.717, 1.165) is 22.6 Å². The molecule has 2 aromatic rings. The van der Waals surface area contributed by atoms with Crippen LogP contribution in [0.2, 0.25) is 0 Å². The average molecular weight is 272 g/mol. The molecule has 0 fully saturated rings. The largest absolute Gasteiger partial charge is 0.478 e. The highest BCUT2D eigenvalue weighted by Gasteiger charge is 2.13. The van der Waals surface area contributed by atoms with Crippen LogP contribution in [0.25, 0.3) is 0 Å². The van der Waals surface area contributed by atoms with E-state index in [-0.39, 0.29) is 0 Å². The lowest BCUT2D eigenvalue weighted by Gasteiger charge is -2.21. The van der Waals surface area contributed by atoms with Crippen LogP contribution in [0.5, 0.6) is 5.88 Å². The summed E-state index contributed by atoms with van der Waals surface area (Å²) in [4.78, 5) is 10.5. The first kappa shape index (κ1) is 14.3. The lowest BCUT2D eigenvalue weighted by molar-refractivity contribution is 0.323. The molecule has 106 valence electrons. The molecule has 0 unspecified atom stereocenters. The lowest BCUT2D eigenvalue weighted by atomic mass is 10.2. The van der Waals surface area contributed by atoms with E-state index in [4.69, 9.17) is 10.5 Å². The molecule has 5 nitrogen and oxygen atoms in total. The van der Waals surface area contributed by atoms with E-state index < -0.39 is 0 Å². The summed E-state index contributed by atoms with van der Waals surface area (Å²) in [6.07, 6.45) is 1.52. The van der Waals surface area contributed by atoms with E-state index in [2.05, 4.69) is 16.0 Å².